The molecule has 0 saturated heterocycles. The Morgan fingerprint density at radius 2 is 2.38 bits per heavy atom. The number of carbonyl (C=O) groups excluding carboxylic acids is 1. The third-order valence-corrected chi connectivity index (χ3v) is 2.23. The van der Waals surface area contributed by atoms with Crippen LogP contribution in [0.25, 0.3) is 0 Å². The zero-order valence-electron chi connectivity index (χ0n) is 8.25. The van der Waals surface area contributed by atoms with Crippen molar-refractivity contribution in [1.29, 1.82) is 0 Å². The number of amides is 1. The minimum atomic E-state index is 0.0706. The van der Waals surface area contributed by atoms with Crippen molar-refractivity contribution in [2.75, 3.05) is 6.54 Å². The quantitative estimate of drug-likeness (QED) is 0.293. The maximum Gasteiger partial charge on any atom is 0.236 e. The molecule has 0 unspecified atom stereocenters. The Hall–Kier alpha value is -0.830. The highest BCUT2D eigenvalue weighted by atomic mass is 16.2. The summed E-state index contributed by atoms with van der Waals surface area (Å²) in [7, 11) is 0. The molecule has 0 saturated carbocycles. The smallest absolute Gasteiger partial charge is 0.236 e. The third kappa shape index (κ3) is 4.08. The van der Waals surface area contributed by atoms with Crippen LogP contribution in [0.5, 0.6) is 0 Å². The van der Waals surface area contributed by atoms with Gasteiger partial charge in [0.2, 0.25) is 5.91 Å². The fourth-order valence-corrected chi connectivity index (χ4v) is 1.14. The van der Waals surface area contributed by atoms with Gasteiger partial charge in [-0.25, -0.2) is 5.84 Å². The number of carbonyl (C=O) groups is 1. The number of hydrazine groups is 1. The second-order valence-corrected chi connectivity index (χ2v) is 3.51. The molecule has 0 aromatic carbocycles. The van der Waals surface area contributed by atoms with Crippen molar-refractivity contribution >= 4 is 5.91 Å². The molecule has 2 N–H and O–H groups in total. The summed E-state index contributed by atoms with van der Waals surface area (Å²) in [5, 5.41) is 1.35. The fourth-order valence-electron chi connectivity index (χ4n) is 1.14. The van der Waals surface area contributed by atoms with Crippen molar-refractivity contribution in [3.8, 4) is 0 Å². The molecule has 0 radical (unpaired) electrons. The number of nitrogens with two attached hydrogens (primary N) is 1. The molecule has 1 rings (SSSR count). The average Bonchev–Trinajstić information content (AvgIpc) is 2.93. The SMILES string of the molecule is CCCCN(N)C(=O)CCC1=CC1. The van der Waals surface area contributed by atoms with Gasteiger partial charge in [-0.1, -0.05) is 25.0 Å². The van der Waals surface area contributed by atoms with Crippen LogP contribution in [0.4, 0.5) is 0 Å². The molecule has 3 heteroatoms. The zero-order chi connectivity index (χ0) is 9.68. The molecule has 0 aromatic rings. The summed E-state index contributed by atoms with van der Waals surface area (Å²) in [6, 6.07) is 0. The van der Waals surface area contributed by atoms with E-state index in [0.29, 0.717) is 13.0 Å². The van der Waals surface area contributed by atoms with E-state index >= 15 is 0 Å². The molecule has 1 aliphatic carbocycles. The highest BCUT2D eigenvalue weighted by Crippen LogP contribution is 2.23. The van der Waals surface area contributed by atoms with E-state index in [9.17, 15) is 4.79 Å². The summed E-state index contributed by atoms with van der Waals surface area (Å²) < 4.78 is 0. The van der Waals surface area contributed by atoms with Gasteiger partial charge in [0, 0.05) is 13.0 Å². The topological polar surface area (TPSA) is 46.3 Å². The predicted molar refractivity (Wildman–Crippen MR) is 52.7 cm³/mol. The van der Waals surface area contributed by atoms with E-state index in [4.69, 9.17) is 5.84 Å². The first kappa shape index (κ1) is 10.3. The summed E-state index contributed by atoms with van der Waals surface area (Å²) in [6.07, 6.45) is 6.80. The van der Waals surface area contributed by atoms with Gasteiger partial charge in [0.25, 0.3) is 0 Å². The van der Waals surface area contributed by atoms with E-state index in [-0.39, 0.29) is 5.91 Å². The lowest BCUT2D eigenvalue weighted by molar-refractivity contribution is -0.131. The zero-order valence-corrected chi connectivity index (χ0v) is 8.25. The Bertz CT molecular complexity index is 211. The number of hydrogen-bond acceptors (Lipinski definition) is 2. The molecule has 0 heterocycles. The number of nitrogens with zero attached hydrogens (tertiary/aromatic N) is 1. The standard InChI is InChI=1S/C10H18N2O/c1-2-3-8-12(11)10(13)7-6-9-4-5-9/h4H,2-3,5-8,11H2,1H3. The van der Waals surface area contributed by atoms with Crippen LogP contribution >= 0.6 is 0 Å². The number of unbranched alkanes of at least 4 members (excludes halogenated alkanes) is 1. The Kier molecular flexibility index (Phi) is 3.96. The molecule has 0 aromatic heterocycles. The van der Waals surface area contributed by atoms with Crippen LogP contribution in [-0.4, -0.2) is 17.5 Å². The molecule has 74 valence electrons. The van der Waals surface area contributed by atoms with Crippen LogP contribution in [0.15, 0.2) is 11.6 Å². The van der Waals surface area contributed by atoms with Crippen molar-refractivity contribution < 1.29 is 4.79 Å². The van der Waals surface area contributed by atoms with Gasteiger partial charge in [-0.2, -0.15) is 0 Å². The van der Waals surface area contributed by atoms with E-state index in [1.54, 1.807) is 0 Å². The molecule has 0 aliphatic heterocycles. The third-order valence-electron chi connectivity index (χ3n) is 2.23. The molecule has 1 aliphatic rings. The molecular formula is C10H18N2O. The Morgan fingerprint density at radius 1 is 1.69 bits per heavy atom. The lowest BCUT2D eigenvalue weighted by Crippen LogP contribution is -2.37. The van der Waals surface area contributed by atoms with E-state index < -0.39 is 0 Å². The van der Waals surface area contributed by atoms with Crippen LogP contribution < -0.4 is 5.84 Å². The van der Waals surface area contributed by atoms with Crippen LogP contribution in [-0.2, 0) is 4.79 Å². The lowest BCUT2D eigenvalue weighted by Gasteiger charge is -2.15. The molecule has 1 amide bonds. The van der Waals surface area contributed by atoms with Gasteiger partial charge >= 0.3 is 0 Å². The summed E-state index contributed by atoms with van der Waals surface area (Å²) in [5.74, 6) is 5.64. The lowest BCUT2D eigenvalue weighted by atomic mass is 10.2. The number of allylic oxidation sites excluding steroid dienone is 2. The minimum absolute atomic E-state index is 0.0706. The van der Waals surface area contributed by atoms with Crippen LogP contribution in [0.1, 0.15) is 39.0 Å². The molecule has 0 fully saturated rings. The predicted octanol–water partition coefficient (Wildman–Crippen LogP) is 1.60. The highest BCUT2D eigenvalue weighted by molar-refractivity contribution is 5.75. The van der Waals surface area contributed by atoms with Crippen LogP contribution in [0.3, 0.4) is 0 Å². The van der Waals surface area contributed by atoms with Gasteiger partial charge < -0.3 is 0 Å². The van der Waals surface area contributed by atoms with Crippen LogP contribution in [0.2, 0.25) is 0 Å². The van der Waals surface area contributed by atoms with Gasteiger partial charge in [-0.3, -0.25) is 9.80 Å². The summed E-state index contributed by atoms with van der Waals surface area (Å²) >= 11 is 0. The maximum absolute atomic E-state index is 11.4. The second-order valence-electron chi connectivity index (χ2n) is 3.51. The summed E-state index contributed by atoms with van der Waals surface area (Å²) in [6.45, 7) is 2.78. The average molecular weight is 182 g/mol. The molecule has 13 heavy (non-hydrogen) atoms. The first-order valence-electron chi connectivity index (χ1n) is 4.97. The Labute approximate surface area is 79.6 Å². The fraction of sp³-hybridized carbons (Fsp3) is 0.700. The highest BCUT2D eigenvalue weighted by Gasteiger charge is 2.12. The van der Waals surface area contributed by atoms with Crippen molar-refractivity contribution in [2.45, 2.75) is 39.0 Å². The molecule has 0 spiro atoms. The molecule has 0 atom stereocenters. The summed E-state index contributed by atoms with van der Waals surface area (Å²) in [4.78, 5) is 11.4. The minimum Gasteiger partial charge on any atom is -0.281 e. The van der Waals surface area contributed by atoms with Crippen molar-refractivity contribution in [2.24, 2.45) is 5.84 Å². The molecule has 0 bridgehead atoms. The van der Waals surface area contributed by atoms with Crippen molar-refractivity contribution in [1.82, 2.24) is 5.01 Å². The number of rotatable bonds is 6. The first-order chi connectivity index (χ1) is 6.24. The van der Waals surface area contributed by atoms with Crippen molar-refractivity contribution in [3.05, 3.63) is 11.6 Å². The van der Waals surface area contributed by atoms with E-state index in [1.165, 1.54) is 10.6 Å². The van der Waals surface area contributed by atoms with Crippen molar-refractivity contribution in [3.63, 3.8) is 0 Å². The maximum atomic E-state index is 11.4. The molecular weight excluding hydrogens is 164 g/mol. The van der Waals surface area contributed by atoms with Crippen LogP contribution in [0, 0.1) is 0 Å². The molecule has 3 nitrogen and oxygen atoms in total. The van der Waals surface area contributed by atoms with Gasteiger partial charge in [0.05, 0.1) is 0 Å². The first-order valence-corrected chi connectivity index (χ1v) is 4.97. The number of hydrogen-bond donors (Lipinski definition) is 1. The van der Waals surface area contributed by atoms with Gasteiger partial charge in [0.1, 0.15) is 0 Å². The second kappa shape index (κ2) is 5.02. The van der Waals surface area contributed by atoms with Gasteiger partial charge in [-0.15, -0.1) is 0 Å². The monoisotopic (exact) mass is 182 g/mol. The Balaban J connectivity index is 2.09. The van der Waals surface area contributed by atoms with E-state index in [1.807, 2.05) is 0 Å². The van der Waals surface area contributed by atoms with E-state index in [0.717, 1.165) is 25.7 Å². The van der Waals surface area contributed by atoms with Gasteiger partial charge in [-0.05, 0) is 19.3 Å². The summed E-state index contributed by atoms with van der Waals surface area (Å²) in [5.41, 5.74) is 1.40. The van der Waals surface area contributed by atoms with E-state index in [2.05, 4.69) is 13.0 Å². The van der Waals surface area contributed by atoms with Gasteiger partial charge in [0.15, 0.2) is 0 Å². The Morgan fingerprint density at radius 3 is 2.92 bits per heavy atom. The largest absolute Gasteiger partial charge is 0.281 e. The normalized spacial score (nSPS) is 13.8.